The number of methoxy groups -OCH3 is 1. The summed E-state index contributed by atoms with van der Waals surface area (Å²) in [6, 6.07) is 0. The first-order chi connectivity index (χ1) is 15.9. The third kappa shape index (κ3) is 6.50. The van der Waals surface area contributed by atoms with Crippen LogP contribution in [-0.4, -0.2) is 38.9 Å². The summed E-state index contributed by atoms with van der Waals surface area (Å²) in [5, 5.41) is 0. The van der Waals surface area contributed by atoms with Crippen molar-refractivity contribution < 1.29 is 31.4 Å². The summed E-state index contributed by atoms with van der Waals surface area (Å²) in [4.78, 5) is 12.0. The molecule has 1 fully saturated rings. The zero-order valence-electron chi connectivity index (χ0n) is 21.3. The number of hydrogen-bond donors (Lipinski definition) is 1. The van der Waals surface area contributed by atoms with Crippen LogP contribution in [0.25, 0.3) is 0 Å². The smallest absolute Gasteiger partial charge is 0.397 e. The molecular formula is C26H42O7S. The average molecular weight is 499 g/mol. The van der Waals surface area contributed by atoms with Crippen LogP contribution in [-0.2, 0) is 28.9 Å². The van der Waals surface area contributed by atoms with E-state index in [1.165, 1.54) is 26.4 Å². The molecule has 0 aromatic rings. The van der Waals surface area contributed by atoms with E-state index in [4.69, 9.17) is 18.2 Å². The second kappa shape index (κ2) is 10.8. The molecule has 1 saturated carbocycles. The maximum absolute atomic E-state index is 12.0. The summed E-state index contributed by atoms with van der Waals surface area (Å²) in [6.45, 7) is 9.44. The molecule has 0 bridgehead atoms. The van der Waals surface area contributed by atoms with Crippen molar-refractivity contribution in [1.82, 2.24) is 0 Å². The van der Waals surface area contributed by atoms with E-state index in [2.05, 4.69) is 33.8 Å². The van der Waals surface area contributed by atoms with Gasteiger partial charge in [0.05, 0.1) is 6.61 Å². The molecule has 4 unspecified atom stereocenters. The number of carbonyl (C=O) groups excluding carboxylic acids is 1. The molecule has 0 aromatic heterocycles. The first-order valence-corrected chi connectivity index (χ1v) is 14.0. The molecule has 0 spiro atoms. The SMILES string of the molecule is COC1C=C(CCCC(CCC2(C)C3=CCCC(C)(C)C3CC[C@@H]2C)COS(=O)(=O)O)C(=O)O1. The van der Waals surface area contributed by atoms with Gasteiger partial charge in [0.1, 0.15) is 0 Å². The highest BCUT2D eigenvalue weighted by molar-refractivity contribution is 7.80. The molecule has 5 atom stereocenters. The first kappa shape index (κ1) is 27.4. The number of rotatable bonds is 11. The molecule has 3 rings (SSSR count). The van der Waals surface area contributed by atoms with Gasteiger partial charge in [-0.15, -0.1) is 0 Å². The number of hydrogen-bond acceptors (Lipinski definition) is 6. The van der Waals surface area contributed by atoms with Crippen LogP contribution in [0.2, 0.25) is 0 Å². The molecule has 0 aromatic carbocycles. The molecule has 34 heavy (non-hydrogen) atoms. The van der Waals surface area contributed by atoms with Crippen molar-refractivity contribution >= 4 is 16.4 Å². The minimum atomic E-state index is -4.50. The van der Waals surface area contributed by atoms with Gasteiger partial charge < -0.3 is 9.47 Å². The Bertz CT molecular complexity index is 904. The summed E-state index contributed by atoms with van der Waals surface area (Å²) in [5.41, 5.74) is 2.55. The Morgan fingerprint density at radius 2 is 1.97 bits per heavy atom. The van der Waals surface area contributed by atoms with E-state index in [-0.39, 0.29) is 23.9 Å². The third-order valence-corrected chi connectivity index (χ3v) is 9.18. The zero-order chi connectivity index (χ0) is 25.1. The number of fused-ring (bicyclic) bond motifs is 1. The predicted octanol–water partition coefficient (Wildman–Crippen LogP) is 5.63. The Kier molecular flexibility index (Phi) is 8.70. The maximum Gasteiger partial charge on any atom is 0.397 e. The second-order valence-corrected chi connectivity index (χ2v) is 12.4. The summed E-state index contributed by atoms with van der Waals surface area (Å²) >= 11 is 0. The Morgan fingerprint density at radius 3 is 2.62 bits per heavy atom. The van der Waals surface area contributed by atoms with E-state index >= 15 is 0 Å². The molecule has 1 heterocycles. The van der Waals surface area contributed by atoms with Crippen molar-refractivity contribution in [1.29, 1.82) is 0 Å². The van der Waals surface area contributed by atoms with E-state index in [9.17, 15) is 13.2 Å². The van der Waals surface area contributed by atoms with E-state index in [1.54, 1.807) is 11.6 Å². The average Bonchev–Trinajstić information content (AvgIpc) is 3.11. The lowest BCUT2D eigenvalue weighted by Gasteiger charge is -2.53. The van der Waals surface area contributed by atoms with Crippen molar-refractivity contribution in [2.45, 2.75) is 91.8 Å². The van der Waals surface area contributed by atoms with Crippen molar-refractivity contribution in [2.24, 2.45) is 28.6 Å². The van der Waals surface area contributed by atoms with Crippen LogP contribution in [0.5, 0.6) is 0 Å². The van der Waals surface area contributed by atoms with Crippen LogP contribution in [0, 0.1) is 28.6 Å². The molecule has 2 aliphatic carbocycles. The van der Waals surface area contributed by atoms with Gasteiger partial charge in [-0.25, -0.2) is 8.98 Å². The molecule has 1 aliphatic heterocycles. The summed E-state index contributed by atoms with van der Waals surface area (Å²) < 4.78 is 46.6. The standard InChI is InChI=1S/C26H42O7S/c1-18-11-12-21-22(10-7-14-25(21,2)3)26(18,4)15-13-19(17-32-34(28,29)30)8-6-9-20-16-23(31-5)33-24(20)27/h10,16,18-19,21,23H,6-9,11-15,17H2,1-5H3,(H,28,29,30)/t18-,19?,21?,23?,26?/m0/s1. The van der Waals surface area contributed by atoms with E-state index in [0.717, 1.165) is 19.3 Å². The highest BCUT2D eigenvalue weighted by atomic mass is 32.3. The molecule has 3 aliphatic rings. The van der Waals surface area contributed by atoms with Gasteiger partial charge in [0.15, 0.2) is 0 Å². The fraction of sp³-hybridized carbons (Fsp3) is 0.808. The normalized spacial score (nSPS) is 31.9. The fourth-order valence-electron chi connectivity index (χ4n) is 6.25. The first-order valence-electron chi connectivity index (χ1n) is 12.6. The third-order valence-electron chi connectivity index (χ3n) is 8.75. The van der Waals surface area contributed by atoms with Gasteiger partial charge in [0, 0.05) is 12.7 Å². The lowest BCUT2D eigenvalue weighted by molar-refractivity contribution is -0.155. The van der Waals surface area contributed by atoms with Crippen LogP contribution in [0.15, 0.2) is 23.3 Å². The zero-order valence-corrected chi connectivity index (χ0v) is 22.2. The minimum absolute atomic E-state index is 0.0419. The number of cyclic esters (lactones) is 1. The lowest BCUT2D eigenvalue weighted by atomic mass is 9.52. The molecule has 7 nitrogen and oxygen atoms in total. The number of esters is 1. The van der Waals surface area contributed by atoms with Gasteiger partial charge in [-0.05, 0) is 92.4 Å². The Balaban J connectivity index is 1.66. The van der Waals surface area contributed by atoms with Crippen LogP contribution in [0.4, 0.5) is 0 Å². The highest BCUT2D eigenvalue weighted by Gasteiger charge is 2.47. The van der Waals surface area contributed by atoms with E-state index in [1.807, 2.05) is 0 Å². The van der Waals surface area contributed by atoms with Gasteiger partial charge in [0.25, 0.3) is 0 Å². The van der Waals surface area contributed by atoms with Crippen molar-refractivity contribution in [3.63, 3.8) is 0 Å². The van der Waals surface area contributed by atoms with Crippen LogP contribution in [0.3, 0.4) is 0 Å². The molecule has 194 valence electrons. The molecule has 0 amide bonds. The summed E-state index contributed by atoms with van der Waals surface area (Å²) in [6.07, 6.45) is 12.0. The number of allylic oxidation sites excluding steroid dienone is 2. The van der Waals surface area contributed by atoms with E-state index < -0.39 is 16.7 Å². The van der Waals surface area contributed by atoms with Gasteiger partial charge in [-0.2, -0.15) is 8.42 Å². The molecule has 0 radical (unpaired) electrons. The Hall–Kier alpha value is -1.22. The molecule has 1 N–H and O–H groups in total. The fourth-order valence-corrected chi connectivity index (χ4v) is 6.62. The van der Waals surface area contributed by atoms with Gasteiger partial charge in [-0.3, -0.25) is 4.55 Å². The minimum Gasteiger partial charge on any atom is -0.429 e. The predicted molar refractivity (Wildman–Crippen MR) is 130 cm³/mol. The number of ether oxygens (including phenoxy) is 2. The second-order valence-electron chi connectivity index (χ2n) is 11.3. The molecule has 0 saturated heterocycles. The van der Waals surface area contributed by atoms with E-state index in [0.29, 0.717) is 42.1 Å². The van der Waals surface area contributed by atoms with Crippen molar-refractivity contribution in [2.75, 3.05) is 13.7 Å². The largest absolute Gasteiger partial charge is 0.429 e. The van der Waals surface area contributed by atoms with Crippen LogP contribution in [0.1, 0.15) is 85.5 Å². The lowest BCUT2D eigenvalue weighted by Crippen LogP contribution is -2.43. The van der Waals surface area contributed by atoms with Gasteiger partial charge in [0.2, 0.25) is 6.29 Å². The summed E-state index contributed by atoms with van der Waals surface area (Å²) in [5.74, 6) is 0.749. The Morgan fingerprint density at radius 1 is 1.24 bits per heavy atom. The van der Waals surface area contributed by atoms with Gasteiger partial charge in [-0.1, -0.05) is 39.3 Å². The monoisotopic (exact) mass is 498 g/mol. The Labute approximate surface area is 205 Å². The van der Waals surface area contributed by atoms with Crippen LogP contribution < -0.4 is 0 Å². The molecule has 8 heteroatoms. The van der Waals surface area contributed by atoms with Crippen LogP contribution >= 0.6 is 0 Å². The quantitative estimate of drug-likeness (QED) is 0.224. The number of carbonyl (C=O) groups is 1. The topological polar surface area (TPSA) is 99.1 Å². The highest BCUT2D eigenvalue weighted by Crippen LogP contribution is 2.58. The maximum atomic E-state index is 12.0. The van der Waals surface area contributed by atoms with Gasteiger partial charge >= 0.3 is 16.4 Å². The van der Waals surface area contributed by atoms with Crippen molar-refractivity contribution in [3.8, 4) is 0 Å². The molecular weight excluding hydrogens is 456 g/mol. The van der Waals surface area contributed by atoms with Crippen molar-refractivity contribution in [3.05, 3.63) is 23.3 Å². The summed E-state index contributed by atoms with van der Waals surface area (Å²) in [7, 11) is -3.01.